The molecule has 4 aliphatic carbocycles. The number of phenols is 1. The molecule has 5 aliphatic rings. The number of carbonyl (C=O) groups is 1. The van der Waals surface area contributed by atoms with Gasteiger partial charge < -0.3 is 5.11 Å². The lowest BCUT2D eigenvalue weighted by Crippen LogP contribution is -2.66. The topological polar surface area (TPSA) is 40.5 Å². The molecule has 6 rings (SSSR count). The molecule has 1 spiro atoms. The van der Waals surface area contributed by atoms with Gasteiger partial charge in [0.15, 0.2) is 0 Å². The molecule has 2 saturated carbocycles. The van der Waals surface area contributed by atoms with Crippen LogP contribution in [-0.4, -0.2) is 34.9 Å². The second-order valence-electron chi connectivity index (χ2n) is 9.23. The molecule has 1 aromatic carbocycles. The van der Waals surface area contributed by atoms with E-state index in [1.54, 1.807) is 0 Å². The van der Waals surface area contributed by atoms with E-state index < -0.39 is 0 Å². The Morgan fingerprint density at radius 2 is 2.08 bits per heavy atom. The molecule has 1 aromatic rings. The summed E-state index contributed by atoms with van der Waals surface area (Å²) in [4.78, 5) is 15.6. The summed E-state index contributed by atoms with van der Waals surface area (Å²) < 4.78 is 0. The lowest BCUT2D eigenvalue weighted by molar-refractivity contribution is -0.139. The summed E-state index contributed by atoms with van der Waals surface area (Å²) in [5.74, 6) is 1.78. The number of ketones is 1. The maximum absolute atomic E-state index is 12.9. The van der Waals surface area contributed by atoms with Crippen LogP contribution < -0.4 is 0 Å². The van der Waals surface area contributed by atoms with Crippen LogP contribution in [-0.2, 0) is 16.6 Å². The van der Waals surface area contributed by atoms with E-state index in [0.29, 0.717) is 24.0 Å². The predicted molar refractivity (Wildman–Crippen MR) is 95.5 cm³/mol. The third kappa shape index (κ3) is 1.73. The molecule has 0 unspecified atom stereocenters. The minimum absolute atomic E-state index is 0.0515. The number of Topliss-reactive ketones (excluding diaryl/α,β-unsaturated/α-hetero) is 1. The summed E-state index contributed by atoms with van der Waals surface area (Å²) in [5.41, 5.74) is 2.76. The number of carbonyl (C=O) groups excluding carboxylic acids is 1. The number of aromatic hydroxyl groups is 1. The smallest absolute Gasteiger partial charge is 0.140 e. The number of hydrogen-bond donors (Lipinski definition) is 1. The molecule has 0 radical (unpaired) electrons. The van der Waals surface area contributed by atoms with Gasteiger partial charge in [0.2, 0.25) is 0 Å². The second kappa shape index (κ2) is 4.56. The van der Waals surface area contributed by atoms with Crippen LogP contribution in [0.4, 0.5) is 0 Å². The zero-order valence-corrected chi connectivity index (χ0v) is 14.6. The molecule has 3 fully saturated rings. The highest BCUT2D eigenvalue weighted by Gasteiger charge is 2.67. The van der Waals surface area contributed by atoms with Crippen LogP contribution in [0.1, 0.15) is 43.2 Å². The van der Waals surface area contributed by atoms with Crippen molar-refractivity contribution in [1.82, 2.24) is 4.90 Å². The average Bonchev–Trinajstić information content (AvgIpc) is 3.37. The highest BCUT2D eigenvalue weighted by atomic mass is 16.3. The highest BCUT2D eigenvalue weighted by molar-refractivity contribution is 5.87. The van der Waals surface area contributed by atoms with Crippen molar-refractivity contribution in [1.29, 1.82) is 0 Å². The lowest BCUT2D eigenvalue weighted by Gasteiger charge is -2.62. The summed E-state index contributed by atoms with van der Waals surface area (Å²) in [7, 11) is 0. The fourth-order valence-corrected chi connectivity index (χ4v) is 6.78. The molecule has 3 nitrogen and oxygen atoms in total. The van der Waals surface area contributed by atoms with E-state index in [9.17, 15) is 9.90 Å². The Morgan fingerprint density at radius 1 is 1.20 bits per heavy atom. The number of hydrogen-bond acceptors (Lipinski definition) is 3. The zero-order valence-electron chi connectivity index (χ0n) is 14.6. The van der Waals surface area contributed by atoms with Crippen LogP contribution in [0.2, 0.25) is 0 Å². The first kappa shape index (κ1) is 14.5. The van der Waals surface area contributed by atoms with E-state index in [4.69, 9.17) is 0 Å². The number of benzene rings is 1. The quantitative estimate of drug-likeness (QED) is 0.844. The molecule has 0 amide bonds. The summed E-state index contributed by atoms with van der Waals surface area (Å²) in [6.45, 7) is 2.31. The third-order valence-electron chi connectivity index (χ3n) is 8.04. The van der Waals surface area contributed by atoms with Gasteiger partial charge in [-0.05, 0) is 67.8 Å². The first-order valence-electron chi connectivity index (χ1n) is 9.89. The average molecular weight is 335 g/mol. The minimum atomic E-state index is -0.0515. The first-order chi connectivity index (χ1) is 12.1. The number of piperidine rings is 1. The van der Waals surface area contributed by atoms with E-state index in [-0.39, 0.29) is 16.7 Å². The normalized spacial score (nSPS) is 41.5. The molecule has 25 heavy (non-hydrogen) atoms. The number of fused-ring (bicyclic) bond motifs is 2. The third-order valence-corrected chi connectivity index (χ3v) is 8.04. The summed E-state index contributed by atoms with van der Waals surface area (Å²) >= 11 is 0. The molecule has 2 bridgehead atoms. The van der Waals surface area contributed by atoms with Gasteiger partial charge in [-0.15, -0.1) is 0 Å². The van der Waals surface area contributed by atoms with Gasteiger partial charge >= 0.3 is 0 Å². The Hall–Kier alpha value is -1.61. The van der Waals surface area contributed by atoms with E-state index in [1.807, 2.05) is 12.1 Å². The zero-order chi connectivity index (χ0) is 16.8. The lowest BCUT2D eigenvalue weighted by atomic mass is 9.46. The van der Waals surface area contributed by atoms with Crippen molar-refractivity contribution in [3.05, 3.63) is 41.5 Å². The largest absolute Gasteiger partial charge is 0.508 e. The molecular weight excluding hydrogens is 310 g/mol. The molecule has 1 saturated heterocycles. The Kier molecular flexibility index (Phi) is 2.65. The second-order valence-corrected chi connectivity index (χ2v) is 9.23. The number of rotatable bonds is 2. The SMILES string of the molecule is O=C1C[C@@]23CCN(CC4CC4)[C@@H]4C=C[C@H]1C[C@]42Cc1ccc(O)cc13. The van der Waals surface area contributed by atoms with Crippen molar-refractivity contribution in [3.8, 4) is 5.75 Å². The van der Waals surface area contributed by atoms with Crippen LogP contribution >= 0.6 is 0 Å². The van der Waals surface area contributed by atoms with Crippen molar-refractivity contribution in [3.63, 3.8) is 0 Å². The highest BCUT2D eigenvalue weighted by Crippen LogP contribution is 2.67. The molecular formula is C22H25NO2. The number of allylic oxidation sites excluding steroid dienone is 1. The Labute approximate surface area is 148 Å². The molecule has 130 valence electrons. The van der Waals surface area contributed by atoms with Gasteiger partial charge in [-0.25, -0.2) is 0 Å². The van der Waals surface area contributed by atoms with E-state index in [1.165, 1.54) is 30.5 Å². The van der Waals surface area contributed by atoms with Crippen molar-refractivity contribution in [2.75, 3.05) is 13.1 Å². The minimum Gasteiger partial charge on any atom is -0.508 e. The molecule has 1 aliphatic heterocycles. The first-order valence-corrected chi connectivity index (χ1v) is 9.89. The van der Waals surface area contributed by atoms with Gasteiger partial charge in [-0.1, -0.05) is 18.2 Å². The number of nitrogens with zero attached hydrogens (tertiary/aromatic N) is 1. The van der Waals surface area contributed by atoms with Gasteiger partial charge in [-0.2, -0.15) is 0 Å². The van der Waals surface area contributed by atoms with Crippen LogP contribution in [0.15, 0.2) is 30.4 Å². The van der Waals surface area contributed by atoms with Crippen LogP contribution in [0.5, 0.6) is 5.75 Å². The van der Waals surface area contributed by atoms with Crippen LogP contribution in [0.25, 0.3) is 0 Å². The summed E-state index contributed by atoms with van der Waals surface area (Å²) in [6, 6.07) is 6.38. The van der Waals surface area contributed by atoms with E-state index in [0.717, 1.165) is 31.7 Å². The summed E-state index contributed by atoms with van der Waals surface area (Å²) in [6.07, 6.45) is 11.2. The van der Waals surface area contributed by atoms with Crippen molar-refractivity contribution in [2.45, 2.75) is 50.0 Å². The Balaban J connectivity index is 1.54. The van der Waals surface area contributed by atoms with Crippen molar-refractivity contribution >= 4 is 5.78 Å². The summed E-state index contributed by atoms with van der Waals surface area (Å²) in [5, 5.41) is 10.1. The van der Waals surface area contributed by atoms with Crippen LogP contribution in [0, 0.1) is 17.3 Å². The molecule has 1 heterocycles. The van der Waals surface area contributed by atoms with Gasteiger partial charge in [0.1, 0.15) is 11.5 Å². The van der Waals surface area contributed by atoms with Crippen molar-refractivity contribution < 1.29 is 9.90 Å². The van der Waals surface area contributed by atoms with Crippen LogP contribution in [0.3, 0.4) is 0 Å². The van der Waals surface area contributed by atoms with Gasteiger partial charge in [0, 0.05) is 35.8 Å². The fraction of sp³-hybridized carbons (Fsp3) is 0.591. The number of likely N-dealkylation sites (tertiary alicyclic amines) is 1. The monoisotopic (exact) mass is 335 g/mol. The van der Waals surface area contributed by atoms with Gasteiger partial charge in [0.25, 0.3) is 0 Å². The Bertz CT molecular complexity index is 810. The van der Waals surface area contributed by atoms with E-state index in [2.05, 4.69) is 23.1 Å². The fourth-order valence-electron chi connectivity index (χ4n) is 6.78. The van der Waals surface area contributed by atoms with E-state index >= 15 is 0 Å². The molecule has 1 N–H and O–H groups in total. The van der Waals surface area contributed by atoms with Crippen molar-refractivity contribution in [2.24, 2.45) is 17.3 Å². The van der Waals surface area contributed by atoms with Gasteiger partial charge in [0.05, 0.1) is 0 Å². The number of phenolic OH excluding ortho intramolecular Hbond substituents is 1. The predicted octanol–water partition coefficient (Wildman–Crippen LogP) is 3.21. The van der Waals surface area contributed by atoms with Gasteiger partial charge in [-0.3, -0.25) is 9.69 Å². The maximum atomic E-state index is 12.9. The maximum Gasteiger partial charge on any atom is 0.140 e. The molecule has 0 aromatic heterocycles. The Morgan fingerprint density at radius 3 is 2.92 bits per heavy atom. The molecule has 4 atom stereocenters. The standard InChI is InChI=1S/C22H25NO2/c24-17-5-3-15-10-22-11-16-4-6-20(22)23(13-14-1-2-14)8-7-21(22,12-19(16)25)18(15)9-17/h3-6,9,14,16,20,24H,1-2,7-8,10-13H2/t16-,20+,21+,22+/m0/s1. The molecule has 3 heteroatoms.